The largest absolute Gasteiger partial charge is 0.298 e. The van der Waals surface area contributed by atoms with Crippen LogP contribution in [0, 0.1) is 22.7 Å². The normalized spacial score (nSPS) is 15.2. The molecule has 0 N–H and O–H groups in total. The van der Waals surface area contributed by atoms with Crippen molar-refractivity contribution in [1.29, 1.82) is 10.5 Å². The van der Waals surface area contributed by atoms with E-state index in [0.717, 1.165) is 0 Å². The van der Waals surface area contributed by atoms with Gasteiger partial charge in [-0.3, -0.25) is 9.59 Å². The molecule has 0 aliphatic carbocycles. The van der Waals surface area contributed by atoms with Gasteiger partial charge in [0.05, 0.1) is 12.1 Å². The highest BCUT2D eigenvalue weighted by Gasteiger charge is 2.61. The van der Waals surface area contributed by atoms with E-state index in [1.54, 1.807) is 60.7 Å². The molecule has 4 heteroatoms. The number of benzene rings is 2. The lowest BCUT2D eigenvalue weighted by Gasteiger charge is -2.38. The Kier molecular flexibility index (Phi) is 4.62. The number of ketones is 2. The second kappa shape index (κ2) is 6.48. The van der Waals surface area contributed by atoms with Crippen LogP contribution in [0.3, 0.4) is 0 Å². The van der Waals surface area contributed by atoms with E-state index >= 15 is 0 Å². The third-order valence-corrected chi connectivity index (χ3v) is 4.37. The minimum atomic E-state index is -1.92. The van der Waals surface area contributed by atoms with E-state index in [4.69, 9.17) is 0 Å². The molecular formula is C20H16N2O2. The third kappa shape index (κ3) is 2.21. The summed E-state index contributed by atoms with van der Waals surface area (Å²) in [4.78, 5) is 25.3. The predicted octanol–water partition coefficient (Wildman–Crippen LogP) is 3.09. The van der Waals surface area contributed by atoms with E-state index in [2.05, 4.69) is 0 Å². The van der Waals surface area contributed by atoms with Crippen LogP contribution in [-0.2, 0) is 20.4 Å². The smallest absolute Gasteiger partial charge is 0.170 e. The number of carbonyl (C=O) groups excluding carboxylic acids is 2. The molecule has 2 atom stereocenters. The van der Waals surface area contributed by atoms with Crippen molar-refractivity contribution in [3.8, 4) is 12.1 Å². The summed E-state index contributed by atoms with van der Waals surface area (Å²) in [5.41, 5.74) is -3.17. The van der Waals surface area contributed by atoms with Gasteiger partial charge >= 0.3 is 0 Å². The van der Waals surface area contributed by atoms with Crippen LogP contribution in [0.1, 0.15) is 25.0 Å². The molecule has 24 heavy (non-hydrogen) atoms. The highest BCUT2D eigenvalue weighted by Crippen LogP contribution is 2.45. The van der Waals surface area contributed by atoms with Crippen LogP contribution in [0.5, 0.6) is 0 Å². The van der Waals surface area contributed by atoms with Gasteiger partial charge in [-0.1, -0.05) is 60.7 Å². The van der Waals surface area contributed by atoms with Gasteiger partial charge in [0.15, 0.2) is 22.4 Å². The molecular weight excluding hydrogens is 300 g/mol. The van der Waals surface area contributed by atoms with Crippen LogP contribution < -0.4 is 0 Å². The van der Waals surface area contributed by atoms with Gasteiger partial charge in [-0.15, -0.1) is 0 Å². The second-order valence-corrected chi connectivity index (χ2v) is 5.57. The Labute approximate surface area is 141 Å². The molecule has 0 aliphatic rings. The summed E-state index contributed by atoms with van der Waals surface area (Å²) < 4.78 is 0. The summed E-state index contributed by atoms with van der Waals surface area (Å²) in [7, 11) is 0. The van der Waals surface area contributed by atoms with E-state index in [9.17, 15) is 20.1 Å². The molecule has 0 aromatic heterocycles. The summed E-state index contributed by atoms with van der Waals surface area (Å²) in [5.74, 6) is -1.09. The molecule has 0 amide bonds. The van der Waals surface area contributed by atoms with Gasteiger partial charge in [-0.2, -0.15) is 10.5 Å². The zero-order valence-corrected chi connectivity index (χ0v) is 13.5. The second-order valence-electron chi connectivity index (χ2n) is 5.57. The first-order valence-electron chi connectivity index (χ1n) is 7.43. The summed E-state index contributed by atoms with van der Waals surface area (Å²) in [6, 6.07) is 20.6. The molecule has 0 radical (unpaired) electrons. The first kappa shape index (κ1) is 17.1. The molecule has 0 fully saturated rings. The lowest BCUT2D eigenvalue weighted by molar-refractivity contribution is -0.130. The lowest BCUT2D eigenvalue weighted by Crippen LogP contribution is -2.56. The van der Waals surface area contributed by atoms with Gasteiger partial charge in [0.2, 0.25) is 0 Å². The van der Waals surface area contributed by atoms with Crippen LogP contribution >= 0.6 is 0 Å². The van der Waals surface area contributed by atoms with Crippen molar-refractivity contribution in [1.82, 2.24) is 0 Å². The molecule has 118 valence electrons. The van der Waals surface area contributed by atoms with Crippen molar-refractivity contribution in [3.05, 3.63) is 71.8 Å². The Balaban J connectivity index is 2.99. The molecule has 0 bridgehead atoms. The van der Waals surface area contributed by atoms with Crippen molar-refractivity contribution in [2.75, 3.05) is 0 Å². The number of carbonyl (C=O) groups is 2. The van der Waals surface area contributed by atoms with Crippen molar-refractivity contribution < 1.29 is 9.59 Å². The third-order valence-electron chi connectivity index (χ3n) is 4.37. The average molecular weight is 316 g/mol. The molecule has 0 saturated heterocycles. The van der Waals surface area contributed by atoms with Crippen molar-refractivity contribution in [2.24, 2.45) is 0 Å². The fraction of sp³-hybridized carbons (Fsp3) is 0.200. The van der Waals surface area contributed by atoms with Crippen LogP contribution in [-0.4, -0.2) is 11.6 Å². The first-order valence-corrected chi connectivity index (χ1v) is 7.43. The summed E-state index contributed by atoms with van der Waals surface area (Å²) in [6.07, 6.45) is 0. The van der Waals surface area contributed by atoms with Gasteiger partial charge in [0.1, 0.15) is 0 Å². The van der Waals surface area contributed by atoms with Crippen LogP contribution in [0.15, 0.2) is 60.7 Å². The predicted molar refractivity (Wildman–Crippen MR) is 88.8 cm³/mol. The molecule has 2 rings (SSSR count). The van der Waals surface area contributed by atoms with Gasteiger partial charge in [-0.25, -0.2) is 0 Å². The number of hydrogen-bond donors (Lipinski definition) is 0. The van der Waals surface area contributed by atoms with Gasteiger partial charge in [0, 0.05) is 0 Å². The number of nitriles is 2. The van der Waals surface area contributed by atoms with Gasteiger partial charge in [-0.05, 0) is 25.0 Å². The number of Topliss-reactive ketones (excluding diaryl/α,β-unsaturated/α-hetero) is 2. The maximum atomic E-state index is 12.7. The number of hydrogen-bond acceptors (Lipinski definition) is 4. The van der Waals surface area contributed by atoms with E-state index in [1.165, 1.54) is 13.8 Å². The summed E-state index contributed by atoms with van der Waals surface area (Å²) in [5, 5.41) is 20.0. The fourth-order valence-corrected chi connectivity index (χ4v) is 3.20. The van der Waals surface area contributed by atoms with Crippen LogP contribution in [0.4, 0.5) is 0 Å². The van der Waals surface area contributed by atoms with E-state index in [-0.39, 0.29) is 0 Å². The van der Waals surface area contributed by atoms with E-state index in [1.807, 2.05) is 12.1 Å². The fourth-order valence-electron chi connectivity index (χ4n) is 3.20. The monoisotopic (exact) mass is 316 g/mol. The zero-order chi connectivity index (χ0) is 17.8. The topological polar surface area (TPSA) is 81.7 Å². The average Bonchev–Trinajstić information content (AvgIpc) is 2.60. The quantitative estimate of drug-likeness (QED) is 0.848. The number of nitrogens with zero attached hydrogens (tertiary/aromatic N) is 2. The van der Waals surface area contributed by atoms with Crippen molar-refractivity contribution >= 4 is 11.6 Å². The summed E-state index contributed by atoms with van der Waals surface area (Å²) >= 11 is 0. The van der Waals surface area contributed by atoms with Crippen molar-refractivity contribution in [2.45, 2.75) is 24.7 Å². The minimum Gasteiger partial charge on any atom is -0.298 e. The van der Waals surface area contributed by atoms with Gasteiger partial charge in [0.25, 0.3) is 0 Å². The molecule has 0 heterocycles. The van der Waals surface area contributed by atoms with Crippen LogP contribution in [0.2, 0.25) is 0 Å². The molecule has 0 saturated carbocycles. The van der Waals surface area contributed by atoms with Crippen LogP contribution in [0.25, 0.3) is 0 Å². The zero-order valence-electron chi connectivity index (χ0n) is 13.5. The molecule has 2 aromatic carbocycles. The first-order chi connectivity index (χ1) is 11.5. The summed E-state index contributed by atoms with van der Waals surface area (Å²) in [6.45, 7) is 2.49. The highest BCUT2D eigenvalue weighted by atomic mass is 16.1. The van der Waals surface area contributed by atoms with Gasteiger partial charge < -0.3 is 0 Å². The number of rotatable bonds is 5. The Hall–Kier alpha value is -3.24. The minimum absolute atomic E-state index is 0.334. The van der Waals surface area contributed by atoms with Crippen molar-refractivity contribution in [3.63, 3.8) is 0 Å². The molecule has 2 aromatic rings. The Bertz CT molecular complexity index is 773. The Morgan fingerprint density at radius 3 is 1.21 bits per heavy atom. The molecule has 0 unspecified atom stereocenters. The maximum absolute atomic E-state index is 12.7. The maximum Gasteiger partial charge on any atom is 0.170 e. The Morgan fingerprint density at radius 2 is 1.00 bits per heavy atom. The molecule has 4 nitrogen and oxygen atoms in total. The molecule has 0 spiro atoms. The Morgan fingerprint density at radius 1 is 0.708 bits per heavy atom. The van der Waals surface area contributed by atoms with E-state index < -0.39 is 22.4 Å². The lowest BCUT2D eigenvalue weighted by atomic mass is 9.55. The molecule has 0 aliphatic heterocycles. The van der Waals surface area contributed by atoms with E-state index in [0.29, 0.717) is 11.1 Å². The highest BCUT2D eigenvalue weighted by molar-refractivity contribution is 6.05. The SMILES string of the molecule is CC(=O)[C@](C#N)(c1ccccc1)[C@](C#N)(C(C)=O)c1ccccc1. The standard InChI is InChI=1S/C20H16N2O2/c1-15(23)19(13-21,17-9-5-3-6-10-17)20(14-22,16(2)24)18-11-7-4-8-12-18/h3-12H,1-2H3/t19-,20-/m1/s1.